The number of alkyl halides is 3. The lowest BCUT2D eigenvalue weighted by Crippen LogP contribution is -2.40. The third kappa shape index (κ3) is 2.43. The number of Topliss-reactive ketones (excluding diaryl/α,β-unsaturated/α-hetero) is 1. The number of anilines is 1. The maximum Gasteiger partial charge on any atom is 0.485 e. The molecule has 1 aromatic rings. The monoisotopic (exact) mass is 243 g/mol. The summed E-state index contributed by atoms with van der Waals surface area (Å²) in [4.78, 5) is 11.8. The molecular formula is C12H12F3NO. The van der Waals surface area contributed by atoms with Crippen molar-refractivity contribution in [3.63, 3.8) is 0 Å². The molecule has 1 aromatic carbocycles. The van der Waals surface area contributed by atoms with Gasteiger partial charge in [-0.25, -0.2) is 0 Å². The van der Waals surface area contributed by atoms with Crippen molar-refractivity contribution in [3.05, 3.63) is 29.8 Å². The van der Waals surface area contributed by atoms with Gasteiger partial charge in [-0.2, -0.15) is 13.2 Å². The SMILES string of the molecule is CC(=O)c1ccccc1N(C1CC1)C(F)(F)F. The molecule has 92 valence electrons. The summed E-state index contributed by atoms with van der Waals surface area (Å²) in [5.74, 6) is -0.351. The molecule has 0 bridgehead atoms. The second-order valence-corrected chi connectivity index (χ2v) is 4.14. The average Bonchev–Trinajstić information content (AvgIpc) is 3.00. The van der Waals surface area contributed by atoms with Crippen LogP contribution in [-0.4, -0.2) is 18.1 Å². The van der Waals surface area contributed by atoms with E-state index in [9.17, 15) is 18.0 Å². The molecule has 0 saturated heterocycles. The van der Waals surface area contributed by atoms with Crippen molar-refractivity contribution in [1.29, 1.82) is 0 Å². The lowest BCUT2D eigenvalue weighted by molar-refractivity contribution is -0.130. The van der Waals surface area contributed by atoms with Gasteiger partial charge < -0.3 is 0 Å². The number of para-hydroxylation sites is 1. The molecule has 0 unspecified atom stereocenters. The number of rotatable bonds is 3. The highest BCUT2D eigenvalue weighted by Crippen LogP contribution is 2.41. The Balaban J connectivity index is 2.46. The standard InChI is InChI=1S/C12H12F3NO/c1-8(17)10-4-2-3-5-11(10)16(9-6-7-9)12(13,14)15/h2-5,9H,6-7H2,1H3. The Morgan fingerprint density at radius 1 is 1.29 bits per heavy atom. The fourth-order valence-electron chi connectivity index (χ4n) is 1.85. The zero-order valence-corrected chi connectivity index (χ0v) is 9.29. The van der Waals surface area contributed by atoms with E-state index in [1.165, 1.54) is 25.1 Å². The highest BCUT2D eigenvalue weighted by atomic mass is 19.4. The highest BCUT2D eigenvalue weighted by molar-refractivity contribution is 5.99. The minimum absolute atomic E-state index is 0.0324. The van der Waals surface area contributed by atoms with Crippen LogP contribution in [-0.2, 0) is 0 Å². The summed E-state index contributed by atoms with van der Waals surface area (Å²) in [6.45, 7) is 1.28. The Bertz CT molecular complexity index is 438. The number of carbonyl (C=O) groups is 1. The second-order valence-electron chi connectivity index (χ2n) is 4.14. The Morgan fingerprint density at radius 3 is 2.35 bits per heavy atom. The predicted octanol–water partition coefficient (Wildman–Crippen LogP) is 3.38. The molecule has 1 saturated carbocycles. The number of carbonyl (C=O) groups excluding carboxylic acids is 1. The van der Waals surface area contributed by atoms with Gasteiger partial charge in [0, 0.05) is 11.6 Å². The quantitative estimate of drug-likeness (QED) is 0.599. The number of halogens is 3. The van der Waals surface area contributed by atoms with Crippen molar-refractivity contribution in [2.45, 2.75) is 32.1 Å². The largest absolute Gasteiger partial charge is 0.485 e. The van der Waals surface area contributed by atoms with Crippen molar-refractivity contribution in [1.82, 2.24) is 0 Å². The van der Waals surface area contributed by atoms with Crippen molar-refractivity contribution >= 4 is 11.5 Å². The van der Waals surface area contributed by atoms with Crippen LogP contribution in [0.1, 0.15) is 30.1 Å². The van der Waals surface area contributed by atoms with Crippen LogP contribution in [0.15, 0.2) is 24.3 Å². The van der Waals surface area contributed by atoms with Gasteiger partial charge in [0.05, 0.1) is 5.69 Å². The van der Waals surface area contributed by atoms with E-state index in [4.69, 9.17) is 0 Å². The van der Waals surface area contributed by atoms with E-state index < -0.39 is 12.3 Å². The summed E-state index contributed by atoms with van der Waals surface area (Å²) < 4.78 is 38.9. The molecular weight excluding hydrogens is 231 g/mol. The van der Waals surface area contributed by atoms with Gasteiger partial charge in [-0.1, -0.05) is 12.1 Å². The minimum Gasteiger partial charge on any atom is -0.294 e. The molecule has 5 heteroatoms. The van der Waals surface area contributed by atoms with Crippen LogP contribution in [0, 0.1) is 0 Å². The van der Waals surface area contributed by atoms with Gasteiger partial charge in [-0.05, 0) is 31.9 Å². The van der Waals surface area contributed by atoms with Crippen LogP contribution in [0.3, 0.4) is 0 Å². The van der Waals surface area contributed by atoms with Crippen LogP contribution in [0.25, 0.3) is 0 Å². The molecule has 0 N–H and O–H groups in total. The lowest BCUT2D eigenvalue weighted by Gasteiger charge is -2.28. The summed E-state index contributed by atoms with van der Waals surface area (Å²) in [6.07, 6.45) is -3.40. The van der Waals surface area contributed by atoms with Gasteiger partial charge in [0.15, 0.2) is 5.78 Å². The van der Waals surface area contributed by atoms with E-state index in [1.54, 1.807) is 6.07 Å². The number of hydrogen-bond donors (Lipinski definition) is 0. The smallest absolute Gasteiger partial charge is 0.294 e. The van der Waals surface area contributed by atoms with Crippen LogP contribution in [0.2, 0.25) is 0 Å². The zero-order chi connectivity index (χ0) is 12.6. The van der Waals surface area contributed by atoms with Gasteiger partial charge in [0.1, 0.15) is 0 Å². The van der Waals surface area contributed by atoms with Crippen LogP contribution < -0.4 is 4.90 Å². The number of ketones is 1. The Morgan fingerprint density at radius 2 is 1.88 bits per heavy atom. The van der Waals surface area contributed by atoms with Gasteiger partial charge in [0.25, 0.3) is 0 Å². The molecule has 0 spiro atoms. The second kappa shape index (κ2) is 4.05. The Hall–Kier alpha value is -1.52. The summed E-state index contributed by atoms with van der Waals surface area (Å²) >= 11 is 0. The van der Waals surface area contributed by atoms with Crippen LogP contribution in [0.5, 0.6) is 0 Å². The third-order valence-corrected chi connectivity index (χ3v) is 2.73. The molecule has 1 aliphatic carbocycles. The summed E-state index contributed by atoms with van der Waals surface area (Å²) in [6, 6.07) is 5.35. The van der Waals surface area contributed by atoms with Crippen molar-refractivity contribution in [3.8, 4) is 0 Å². The number of nitrogens with zero attached hydrogens (tertiary/aromatic N) is 1. The highest BCUT2D eigenvalue weighted by Gasteiger charge is 2.47. The first-order chi connectivity index (χ1) is 7.91. The molecule has 2 nitrogen and oxygen atoms in total. The fourth-order valence-corrected chi connectivity index (χ4v) is 1.85. The molecule has 2 rings (SSSR count). The van der Waals surface area contributed by atoms with Crippen molar-refractivity contribution < 1.29 is 18.0 Å². The number of hydrogen-bond acceptors (Lipinski definition) is 2. The summed E-state index contributed by atoms with van der Waals surface area (Å²) in [5.41, 5.74) is 0.0896. The molecule has 1 aliphatic rings. The van der Waals surface area contributed by atoms with E-state index in [0.29, 0.717) is 17.7 Å². The van der Waals surface area contributed by atoms with Crippen molar-refractivity contribution in [2.24, 2.45) is 0 Å². The molecule has 0 heterocycles. The molecule has 0 atom stereocenters. The molecule has 0 amide bonds. The maximum absolute atomic E-state index is 13.0. The van der Waals surface area contributed by atoms with Gasteiger partial charge in [-0.3, -0.25) is 9.69 Å². The van der Waals surface area contributed by atoms with Crippen LogP contribution >= 0.6 is 0 Å². The zero-order valence-electron chi connectivity index (χ0n) is 9.29. The van der Waals surface area contributed by atoms with E-state index >= 15 is 0 Å². The molecule has 0 aromatic heterocycles. The predicted molar refractivity (Wildman–Crippen MR) is 58.0 cm³/mol. The minimum atomic E-state index is -4.44. The van der Waals surface area contributed by atoms with Gasteiger partial charge in [0.2, 0.25) is 0 Å². The first-order valence-electron chi connectivity index (χ1n) is 5.37. The molecule has 0 aliphatic heterocycles. The summed E-state index contributed by atoms with van der Waals surface area (Å²) in [7, 11) is 0. The first kappa shape index (κ1) is 12.0. The van der Waals surface area contributed by atoms with E-state index in [0.717, 1.165) is 0 Å². The van der Waals surface area contributed by atoms with E-state index in [-0.39, 0.29) is 17.0 Å². The Kier molecular flexibility index (Phi) is 2.85. The first-order valence-corrected chi connectivity index (χ1v) is 5.37. The third-order valence-electron chi connectivity index (χ3n) is 2.73. The van der Waals surface area contributed by atoms with E-state index in [2.05, 4.69) is 0 Å². The lowest BCUT2D eigenvalue weighted by atomic mass is 10.1. The van der Waals surface area contributed by atoms with Gasteiger partial charge >= 0.3 is 6.30 Å². The average molecular weight is 243 g/mol. The normalized spacial score (nSPS) is 15.8. The Labute approximate surface area is 97.0 Å². The van der Waals surface area contributed by atoms with Crippen LogP contribution in [0.4, 0.5) is 18.9 Å². The molecule has 17 heavy (non-hydrogen) atoms. The van der Waals surface area contributed by atoms with E-state index in [1.807, 2.05) is 0 Å². The number of benzene rings is 1. The maximum atomic E-state index is 13.0. The van der Waals surface area contributed by atoms with Crippen molar-refractivity contribution in [2.75, 3.05) is 4.90 Å². The topological polar surface area (TPSA) is 20.3 Å². The van der Waals surface area contributed by atoms with Gasteiger partial charge in [-0.15, -0.1) is 0 Å². The fraction of sp³-hybridized carbons (Fsp3) is 0.417. The molecule has 0 radical (unpaired) electrons. The molecule has 1 fully saturated rings. The summed E-state index contributed by atoms with van der Waals surface area (Å²) in [5, 5.41) is 0.